The number of hydrogen-bond acceptors (Lipinski definition) is 4. The van der Waals surface area contributed by atoms with E-state index in [-0.39, 0.29) is 5.69 Å². The second-order valence-electron chi connectivity index (χ2n) is 4.82. The van der Waals surface area contributed by atoms with Crippen LogP contribution in [0.2, 0.25) is 0 Å². The van der Waals surface area contributed by atoms with E-state index in [1.54, 1.807) is 27.0 Å². The monoisotopic (exact) mass is 300 g/mol. The molecule has 0 saturated carbocycles. The number of aliphatic carboxylic acids is 1. The predicted molar refractivity (Wildman–Crippen MR) is 77.6 cm³/mol. The molecule has 6 nitrogen and oxygen atoms in total. The first-order chi connectivity index (χ1) is 9.25. The summed E-state index contributed by atoms with van der Waals surface area (Å²) >= 11 is 0. The zero-order chi connectivity index (χ0) is 15.4. The maximum atomic E-state index is 11.9. The lowest BCUT2D eigenvalue weighted by Crippen LogP contribution is -2.29. The first-order valence-corrected chi connectivity index (χ1v) is 8.09. The largest absolute Gasteiger partial charge is 0.481 e. The molecule has 7 heteroatoms. The van der Waals surface area contributed by atoms with E-state index in [4.69, 9.17) is 5.11 Å². The van der Waals surface area contributed by atoms with Crippen molar-refractivity contribution in [3.8, 4) is 0 Å². The van der Waals surface area contributed by atoms with Crippen LogP contribution < -0.4 is 5.69 Å². The molecule has 0 spiro atoms. The van der Waals surface area contributed by atoms with Gasteiger partial charge < -0.3 is 5.11 Å². The molecule has 112 valence electrons. The molecule has 1 aromatic heterocycles. The van der Waals surface area contributed by atoms with Crippen LogP contribution in [0, 0.1) is 13.8 Å². The fourth-order valence-corrected chi connectivity index (χ4v) is 2.79. The maximum absolute atomic E-state index is 11.9. The Morgan fingerprint density at radius 2 is 2.05 bits per heavy atom. The molecule has 0 aromatic carbocycles. The van der Waals surface area contributed by atoms with Crippen molar-refractivity contribution in [3.63, 3.8) is 0 Å². The minimum absolute atomic E-state index is 0.386. The summed E-state index contributed by atoms with van der Waals surface area (Å²) in [7, 11) is -0.908. The summed E-state index contributed by atoms with van der Waals surface area (Å²) in [6, 6.07) is 0. The molecule has 1 rings (SSSR count). The first kappa shape index (κ1) is 16.6. The Hall–Kier alpha value is -1.50. The van der Waals surface area contributed by atoms with Crippen LogP contribution in [0.25, 0.3) is 0 Å². The standard InChI is InChI=1S/C13H20N2O4S/c1-8(12(16)17)11-9(2)14-13(18)15(10(11)3)6-5-7-20(4)19/h8H,5-7H2,1-4H3,(H,16,17). The van der Waals surface area contributed by atoms with E-state index < -0.39 is 22.7 Å². The fraction of sp³-hybridized carbons (Fsp3) is 0.615. The van der Waals surface area contributed by atoms with Crippen LogP contribution in [0.4, 0.5) is 0 Å². The van der Waals surface area contributed by atoms with Crippen molar-refractivity contribution in [2.45, 2.75) is 39.7 Å². The molecule has 2 unspecified atom stereocenters. The molecular formula is C13H20N2O4S. The second-order valence-corrected chi connectivity index (χ2v) is 6.38. The van der Waals surface area contributed by atoms with Gasteiger partial charge in [0.15, 0.2) is 0 Å². The zero-order valence-electron chi connectivity index (χ0n) is 12.2. The highest BCUT2D eigenvalue weighted by molar-refractivity contribution is 7.84. The number of aromatic nitrogens is 2. The maximum Gasteiger partial charge on any atom is 0.347 e. The van der Waals surface area contributed by atoms with E-state index >= 15 is 0 Å². The second kappa shape index (κ2) is 6.78. The summed E-state index contributed by atoms with van der Waals surface area (Å²) < 4.78 is 12.5. The highest BCUT2D eigenvalue weighted by Crippen LogP contribution is 2.21. The molecule has 0 aliphatic rings. The summed E-state index contributed by atoms with van der Waals surface area (Å²) in [4.78, 5) is 27.0. The number of rotatable bonds is 6. The molecule has 2 atom stereocenters. The molecule has 0 aliphatic carbocycles. The Balaban J connectivity index is 3.19. The average Bonchev–Trinajstić information content (AvgIpc) is 2.32. The summed E-state index contributed by atoms with van der Waals surface area (Å²) in [6.45, 7) is 5.36. The summed E-state index contributed by atoms with van der Waals surface area (Å²) in [5.74, 6) is -1.16. The lowest BCUT2D eigenvalue weighted by Gasteiger charge is -2.17. The van der Waals surface area contributed by atoms with E-state index in [0.29, 0.717) is 35.7 Å². The third-order valence-electron chi connectivity index (χ3n) is 3.30. The van der Waals surface area contributed by atoms with Crippen molar-refractivity contribution in [1.82, 2.24) is 9.55 Å². The van der Waals surface area contributed by atoms with Crippen molar-refractivity contribution in [2.75, 3.05) is 12.0 Å². The smallest absolute Gasteiger partial charge is 0.347 e. The quantitative estimate of drug-likeness (QED) is 0.840. The van der Waals surface area contributed by atoms with Crippen molar-refractivity contribution >= 4 is 16.8 Å². The summed E-state index contributed by atoms with van der Waals surface area (Å²) in [6.07, 6.45) is 2.20. The SMILES string of the molecule is Cc1nc(=O)n(CCCS(C)=O)c(C)c1C(C)C(=O)O. The third kappa shape index (κ3) is 3.75. The van der Waals surface area contributed by atoms with Gasteiger partial charge in [-0.05, 0) is 27.2 Å². The molecule has 1 heterocycles. The van der Waals surface area contributed by atoms with Gasteiger partial charge in [-0.1, -0.05) is 0 Å². The average molecular weight is 300 g/mol. The molecule has 1 N–H and O–H groups in total. The van der Waals surface area contributed by atoms with E-state index in [1.165, 1.54) is 4.57 Å². The number of carbonyl (C=O) groups is 1. The van der Waals surface area contributed by atoms with Gasteiger partial charge in [0, 0.05) is 46.3 Å². The van der Waals surface area contributed by atoms with Gasteiger partial charge in [0.05, 0.1) is 5.92 Å². The molecule has 0 radical (unpaired) electrons. The van der Waals surface area contributed by atoms with Gasteiger partial charge in [0.2, 0.25) is 0 Å². The molecule has 0 bridgehead atoms. The highest BCUT2D eigenvalue weighted by Gasteiger charge is 2.21. The Bertz CT molecular complexity index is 595. The number of aryl methyl sites for hydroxylation is 1. The minimum atomic E-state index is -0.946. The van der Waals surface area contributed by atoms with Crippen LogP contribution in [0.5, 0.6) is 0 Å². The highest BCUT2D eigenvalue weighted by atomic mass is 32.2. The topological polar surface area (TPSA) is 89.3 Å². The number of carboxylic acid groups (broad SMARTS) is 1. The van der Waals surface area contributed by atoms with Crippen LogP contribution in [0.15, 0.2) is 4.79 Å². The van der Waals surface area contributed by atoms with Gasteiger partial charge in [-0.15, -0.1) is 0 Å². The molecule has 1 aromatic rings. The lowest BCUT2D eigenvalue weighted by atomic mass is 9.98. The van der Waals surface area contributed by atoms with E-state index in [1.807, 2.05) is 0 Å². The van der Waals surface area contributed by atoms with E-state index in [0.717, 1.165) is 0 Å². The normalized spacial score (nSPS) is 14.0. The van der Waals surface area contributed by atoms with Gasteiger partial charge >= 0.3 is 11.7 Å². The van der Waals surface area contributed by atoms with Crippen molar-refractivity contribution in [3.05, 3.63) is 27.4 Å². The van der Waals surface area contributed by atoms with Gasteiger partial charge in [-0.25, -0.2) is 4.79 Å². The molecule has 0 saturated heterocycles. The molecule has 0 amide bonds. The molecule has 20 heavy (non-hydrogen) atoms. The Labute approximate surface area is 120 Å². The van der Waals surface area contributed by atoms with Gasteiger partial charge in [0.1, 0.15) is 0 Å². The van der Waals surface area contributed by atoms with E-state index in [9.17, 15) is 13.8 Å². The van der Waals surface area contributed by atoms with Crippen molar-refractivity contribution < 1.29 is 14.1 Å². The van der Waals surface area contributed by atoms with E-state index in [2.05, 4.69) is 4.98 Å². The summed E-state index contributed by atoms with van der Waals surface area (Å²) in [5, 5.41) is 9.14. The number of nitrogens with zero attached hydrogens (tertiary/aromatic N) is 2. The zero-order valence-corrected chi connectivity index (χ0v) is 13.0. The van der Waals surface area contributed by atoms with Gasteiger partial charge in [-0.2, -0.15) is 4.98 Å². The summed E-state index contributed by atoms with van der Waals surface area (Å²) in [5.41, 5.74) is 1.27. The third-order valence-corrected chi connectivity index (χ3v) is 4.16. The Morgan fingerprint density at radius 1 is 1.45 bits per heavy atom. The molecule has 0 fully saturated rings. The fourth-order valence-electron chi connectivity index (χ4n) is 2.25. The lowest BCUT2D eigenvalue weighted by molar-refractivity contribution is -0.138. The van der Waals surface area contributed by atoms with Crippen LogP contribution in [0.3, 0.4) is 0 Å². The predicted octanol–water partition coefficient (Wildman–Crippen LogP) is 0.817. The van der Waals surface area contributed by atoms with Crippen molar-refractivity contribution in [1.29, 1.82) is 0 Å². The number of carboxylic acids is 1. The van der Waals surface area contributed by atoms with Crippen LogP contribution >= 0.6 is 0 Å². The van der Waals surface area contributed by atoms with Crippen LogP contribution in [-0.4, -0.2) is 36.8 Å². The molecule has 0 aliphatic heterocycles. The van der Waals surface area contributed by atoms with Gasteiger partial charge in [-0.3, -0.25) is 13.6 Å². The Kier molecular flexibility index (Phi) is 5.62. The minimum Gasteiger partial charge on any atom is -0.481 e. The Morgan fingerprint density at radius 3 is 2.55 bits per heavy atom. The molecular weight excluding hydrogens is 280 g/mol. The number of hydrogen-bond donors (Lipinski definition) is 1. The first-order valence-electron chi connectivity index (χ1n) is 6.36. The van der Waals surface area contributed by atoms with Crippen molar-refractivity contribution in [2.24, 2.45) is 0 Å². The van der Waals surface area contributed by atoms with Crippen LogP contribution in [0.1, 0.15) is 36.2 Å². The van der Waals surface area contributed by atoms with Crippen LogP contribution in [-0.2, 0) is 22.1 Å². The van der Waals surface area contributed by atoms with Gasteiger partial charge in [0.25, 0.3) is 0 Å².